The largest absolute Gasteiger partial charge is 0.242 e. The van der Waals surface area contributed by atoms with Gasteiger partial charge in [-0.15, -0.1) is 0 Å². The lowest BCUT2D eigenvalue weighted by Crippen LogP contribution is -2.36. The van der Waals surface area contributed by atoms with Gasteiger partial charge in [0, 0.05) is 6.04 Å². The maximum Gasteiger partial charge on any atom is 0.242 e. The summed E-state index contributed by atoms with van der Waals surface area (Å²) in [5.41, 5.74) is -0.583. The fraction of sp³-hybridized carbons (Fsp3) is 0.364. The van der Waals surface area contributed by atoms with Crippen LogP contribution < -0.4 is 4.72 Å². The quantitative estimate of drug-likeness (QED) is 0.855. The molecule has 1 saturated heterocycles. The van der Waals surface area contributed by atoms with E-state index in [2.05, 4.69) is 4.72 Å². The fourth-order valence-corrected chi connectivity index (χ4v) is 5.22. The van der Waals surface area contributed by atoms with Crippen LogP contribution >= 0.6 is 0 Å². The van der Waals surface area contributed by atoms with Crippen molar-refractivity contribution in [3.8, 4) is 6.07 Å². The van der Waals surface area contributed by atoms with E-state index < -0.39 is 42.2 Å². The molecule has 1 heterocycles. The number of halogens is 1. The van der Waals surface area contributed by atoms with Crippen molar-refractivity contribution in [2.24, 2.45) is 0 Å². The second-order valence-corrected chi connectivity index (χ2v) is 8.36. The molecule has 0 aromatic heterocycles. The molecule has 0 aliphatic carbocycles. The van der Waals surface area contributed by atoms with E-state index in [9.17, 15) is 21.2 Å². The summed E-state index contributed by atoms with van der Waals surface area (Å²) in [6, 6.07) is 4.01. The van der Waals surface area contributed by atoms with Gasteiger partial charge >= 0.3 is 0 Å². The van der Waals surface area contributed by atoms with Crippen LogP contribution in [0.3, 0.4) is 0 Å². The first-order chi connectivity index (χ1) is 9.25. The Morgan fingerprint density at radius 2 is 2.10 bits per heavy atom. The van der Waals surface area contributed by atoms with Crippen molar-refractivity contribution in [3.05, 3.63) is 29.6 Å². The summed E-state index contributed by atoms with van der Waals surface area (Å²) in [6.45, 7) is 0. The first kappa shape index (κ1) is 14.9. The summed E-state index contributed by atoms with van der Waals surface area (Å²) in [6.07, 6.45) is 0.165. The Hall–Kier alpha value is -1.50. The van der Waals surface area contributed by atoms with Gasteiger partial charge in [-0.1, -0.05) is 6.07 Å². The minimum absolute atomic E-state index is 0.0888. The van der Waals surface area contributed by atoms with Crippen molar-refractivity contribution in [1.29, 1.82) is 5.26 Å². The smallest absolute Gasteiger partial charge is 0.229 e. The molecule has 1 fully saturated rings. The predicted molar refractivity (Wildman–Crippen MR) is 68.5 cm³/mol. The number of sulfonamides is 1. The molecule has 1 aliphatic heterocycles. The van der Waals surface area contributed by atoms with Crippen LogP contribution in [0.15, 0.2) is 23.1 Å². The van der Waals surface area contributed by atoms with Gasteiger partial charge in [0.1, 0.15) is 22.3 Å². The second-order valence-electron chi connectivity index (χ2n) is 4.45. The van der Waals surface area contributed by atoms with Crippen molar-refractivity contribution in [2.45, 2.75) is 17.4 Å². The van der Waals surface area contributed by atoms with E-state index in [1.807, 2.05) is 0 Å². The Balaban J connectivity index is 2.33. The van der Waals surface area contributed by atoms with Crippen LogP contribution in [0.25, 0.3) is 0 Å². The molecule has 1 aromatic rings. The van der Waals surface area contributed by atoms with Gasteiger partial charge in [-0.2, -0.15) is 5.26 Å². The van der Waals surface area contributed by atoms with Gasteiger partial charge in [0.05, 0.1) is 11.5 Å². The molecule has 6 nitrogen and oxygen atoms in total. The molecule has 0 spiro atoms. The zero-order valence-electron chi connectivity index (χ0n) is 10.2. The number of benzene rings is 1. The lowest BCUT2D eigenvalue weighted by Gasteiger charge is -2.12. The first-order valence-corrected chi connectivity index (χ1v) is 8.97. The summed E-state index contributed by atoms with van der Waals surface area (Å²) in [5, 5.41) is 8.83. The Labute approximate surface area is 116 Å². The van der Waals surface area contributed by atoms with Crippen LogP contribution in [0, 0.1) is 17.1 Å². The van der Waals surface area contributed by atoms with E-state index in [0.29, 0.717) is 0 Å². The maximum atomic E-state index is 13.4. The molecule has 0 radical (unpaired) electrons. The number of sulfone groups is 1. The number of nitrogens with one attached hydrogen (secondary N) is 1. The fourth-order valence-electron chi connectivity index (χ4n) is 2.01. The molecule has 1 N–H and O–H groups in total. The van der Waals surface area contributed by atoms with E-state index in [0.717, 1.165) is 12.1 Å². The molecule has 0 bridgehead atoms. The number of hydrogen-bond acceptors (Lipinski definition) is 5. The van der Waals surface area contributed by atoms with E-state index >= 15 is 0 Å². The van der Waals surface area contributed by atoms with Gasteiger partial charge in [-0.25, -0.2) is 25.9 Å². The van der Waals surface area contributed by atoms with Gasteiger partial charge in [0.25, 0.3) is 0 Å². The van der Waals surface area contributed by atoms with E-state index in [1.165, 1.54) is 12.1 Å². The monoisotopic (exact) mass is 318 g/mol. The van der Waals surface area contributed by atoms with E-state index in [4.69, 9.17) is 5.26 Å². The summed E-state index contributed by atoms with van der Waals surface area (Å²) < 4.78 is 62.4. The molecule has 1 atom stereocenters. The Morgan fingerprint density at radius 1 is 1.40 bits per heavy atom. The van der Waals surface area contributed by atoms with E-state index in [1.54, 1.807) is 0 Å². The molecular formula is C11H11FN2O4S2. The van der Waals surface area contributed by atoms with Crippen LogP contribution in [-0.2, 0) is 19.9 Å². The molecule has 20 heavy (non-hydrogen) atoms. The minimum Gasteiger partial charge on any atom is -0.229 e. The highest BCUT2D eigenvalue weighted by Crippen LogP contribution is 2.20. The standard InChI is InChI=1S/C11H11FN2O4S2/c12-10-2-1-3-11(9(10)6-13)20(17,18)14-8-4-5-19(15,16)7-8/h1-3,8,14H,4-5,7H2. The van der Waals surface area contributed by atoms with Crippen LogP contribution in [0.5, 0.6) is 0 Å². The molecule has 108 valence electrons. The molecule has 1 aromatic carbocycles. The van der Waals surface area contributed by atoms with Gasteiger partial charge in [0.15, 0.2) is 9.84 Å². The summed E-state index contributed by atoms with van der Waals surface area (Å²) >= 11 is 0. The Morgan fingerprint density at radius 3 is 2.65 bits per heavy atom. The van der Waals surface area contributed by atoms with E-state index in [-0.39, 0.29) is 17.9 Å². The zero-order valence-corrected chi connectivity index (χ0v) is 11.8. The van der Waals surface area contributed by atoms with Crippen molar-refractivity contribution in [2.75, 3.05) is 11.5 Å². The molecular weight excluding hydrogens is 307 g/mol. The van der Waals surface area contributed by atoms with Crippen molar-refractivity contribution in [1.82, 2.24) is 4.72 Å². The third-order valence-corrected chi connectivity index (χ3v) is 6.26. The maximum absolute atomic E-state index is 13.4. The predicted octanol–water partition coefficient (Wildman–Crippen LogP) is 0.163. The minimum atomic E-state index is -4.14. The zero-order chi connectivity index (χ0) is 15.0. The molecule has 0 saturated carbocycles. The lowest BCUT2D eigenvalue weighted by molar-refractivity contribution is 0.559. The molecule has 1 unspecified atom stereocenters. The normalized spacial score (nSPS) is 21.5. The van der Waals surface area contributed by atoms with Crippen molar-refractivity contribution in [3.63, 3.8) is 0 Å². The van der Waals surface area contributed by atoms with Crippen LogP contribution in [0.1, 0.15) is 12.0 Å². The molecule has 1 aliphatic rings. The third kappa shape index (κ3) is 2.98. The second kappa shape index (κ2) is 5.12. The summed E-state index contributed by atoms with van der Waals surface area (Å²) in [4.78, 5) is -0.482. The Bertz CT molecular complexity index is 781. The highest BCUT2D eigenvalue weighted by molar-refractivity contribution is 7.92. The Kier molecular flexibility index (Phi) is 3.82. The number of hydrogen-bond donors (Lipinski definition) is 1. The third-order valence-electron chi connectivity index (χ3n) is 2.93. The van der Waals surface area contributed by atoms with Gasteiger partial charge < -0.3 is 0 Å². The number of nitrogens with zero attached hydrogens (tertiary/aromatic N) is 1. The molecule has 2 rings (SSSR count). The van der Waals surface area contributed by atoms with Crippen LogP contribution in [0.2, 0.25) is 0 Å². The van der Waals surface area contributed by atoms with Crippen LogP contribution in [-0.4, -0.2) is 34.4 Å². The number of nitriles is 1. The SMILES string of the molecule is N#Cc1c(F)cccc1S(=O)(=O)NC1CCS(=O)(=O)C1. The highest BCUT2D eigenvalue weighted by Gasteiger charge is 2.32. The average molecular weight is 318 g/mol. The van der Waals surface area contributed by atoms with Gasteiger partial charge in [-0.05, 0) is 18.6 Å². The van der Waals surface area contributed by atoms with Crippen molar-refractivity contribution >= 4 is 19.9 Å². The summed E-state index contributed by atoms with van der Waals surface area (Å²) in [7, 11) is -7.38. The van der Waals surface area contributed by atoms with Gasteiger partial charge in [0.2, 0.25) is 10.0 Å². The summed E-state index contributed by atoms with van der Waals surface area (Å²) in [5.74, 6) is -1.31. The van der Waals surface area contributed by atoms with Crippen LogP contribution in [0.4, 0.5) is 4.39 Å². The lowest BCUT2D eigenvalue weighted by atomic mass is 10.2. The highest BCUT2D eigenvalue weighted by atomic mass is 32.2. The first-order valence-electron chi connectivity index (χ1n) is 5.66. The molecule has 9 heteroatoms. The topological polar surface area (TPSA) is 104 Å². The number of rotatable bonds is 3. The van der Waals surface area contributed by atoms with Gasteiger partial charge in [-0.3, -0.25) is 0 Å². The van der Waals surface area contributed by atoms with Crippen molar-refractivity contribution < 1.29 is 21.2 Å². The average Bonchev–Trinajstić information content (AvgIpc) is 2.67. The molecule has 0 amide bonds.